The summed E-state index contributed by atoms with van der Waals surface area (Å²) in [5, 5.41) is 8.45. The first-order valence-corrected chi connectivity index (χ1v) is 8.87. The van der Waals surface area contributed by atoms with Crippen molar-refractivity contribution in [3.63, 3.8) is 0 Å². The maximum Gasteiger partial charge on any atom is 0.327 e. The van der Waals surface area contributed by atoms with Crippen LogP contribution in [0.2, 0.25) is 0 Å². The lowest BCUT2D eigenvalue weighted by atomic mass is 10.1. The monoisotopic (exact) mass is 328 g/mol. The zero-order valence-electron chi connectivity index (χ0n) is 14.8. The van der Waals surface area contributed by atoms with Crippen LogP contribution >= 0.6 is 0 Å². The number of hydrogen-bond donors (Lipinski definition) is 1. The van der Waals surface area contributed by atoms with Gasteiger partial charge in [0.1, 0.15) is 0 Å². The molecular weight excluding hydrogens is 296 g/mol. The third kappa shape index (κ3) is 19.9. The number of carbonyl (C=O) groups is 1. The standard InChI is InChI=1S/C22H32O2/c1-2-3-4-5-6-7-8-9-10-11-12-13-14-15-16-17-18-19-20-21-22(23)24/h2,4-5,7-8,10-11,13-14,20-21H,1,3,6,9,12,15-19H2,(H,23,24). The van der Waals surface area contributed by atoms with Gasteiger partial charge in [-0.3, -0.25) is 0 Å². The Labute approximate surface area is 147 Å². The lowest BCUT2D eigenvalue weighted by Gasteiger charge is -1.94. The van der Waals surface area contributed by atoms with Crippen molar-refractivity contribution in [3.05, 3.63) is 73.4 Å². The number of hydrogen-bond acceptors (Lipinski definition) is 1. The molecular formula is C22H32O2. The minimum atomic E-state index is -0.859. The lowest BCUT2D eigenvalue weighted by molar-refractivity contribution is -0.131. The second-order valence-corrected chi connectivity index (χ2v) is 5.50. The predicted octanol–water partition coefficient (Wildman–Crippen LogP) is 6.55. The fourth-order valence-corrected chi connectivity index (χ4v) is 2.01. The van der Waals surface area contributed by atoms with Crippen LogP contribution in [0, 0.1) is 0 Å². The van der Waals surface area contributed by atoms with Crippen LogP contribution in [0.3, 0.4) is 0 Å². The van der Waals surface area contributed by atoms with E-state index in [0.717, 1.165) is 51.4 Å². The van der Waals surface area contributed by atoms with Crippen molar-refractivity contribution >= 4 is 5.97 Å². The van der Waals surface area contributed by atoms with E-state index in [2.05, 4.69) is 55.2 Å². The Kier molecular flexibility index (Phi) is 17.3. The number of allylic oxidation sites excluding steroid dienone is 10. The normalized spacial score (nSPS) is 12.5. The van der Waals surface area contributed by atoms with Crippen LogP contribution in [0.15, 0.2) is 73.4 Å². The average molecular weight is 328 g/mol. The molecule has 0 bridgehead atoms. The van der Waals surface area contributed by atoms with Crippen LogP contribution in [-0.2, 0) is 4.79 Å². The van der Waals surface area contributed by atoms with Crippen LogP contribution in [0.1, 0.15) is 57.8 Å². The molecule has 24 heavy (non-hydrogen) atoms. The Morgan fingerprint density at radius 2 is 1.12 bits per heavy atom. The van der Waals surface area contributed by atoms with E-state index in [4.69, 9.17) is 5.11 Å². The molecule has 0 aromatic rings. The molecule has 0 radical (unpaired) electrons. The van der Waals surface area contributed by atoms with E-state index >= 15 is 0 Å². The minimum absolute atomic E-state index is 0.857. The van der Waals surface area contributed by atoms with Crippen molar-refractivity contribution in [3.8, 4) is 0 Å². The van der Waals surface area contributed by atoms with E-state index < -0.39 is 5.97 Å². The van der Waals surface area contributed by atoms with E-state index in [1.165, 1.54) is 12.5 Å². The maximum atomic E-state index is 10.3. The summed E-state index contributed by atoms with van der Waals surface area (Å²) in [6, 6.07) is 0. The van der Waals surface area contributed by atoms with E-state index in [-0.39, 0.29) is 0 Å². The van der Waals surface area contributed by atoms with Crippen molar-refractivity contribution in [2.75, 3.05) is 0 Å². The first-order valence-electron chi connectivity index (χ1n) is 8.87. The van der Waals surface area contributed by atoms with Gasteiger partial charge in [-0.1, -0.05) is 67.2 Å². The molecule has 0 heterocycles. The maximum absolute atomic E-state index is 10.3. The van der Waals surface area contributed by atoms with Gasteiger partial charge in [-0.25, -0.2) is 4.79 Å². The van der Waals surface area contributed by atoms with Crippen molar-refractivity contribution in [2.24, 2.45) is 0 Å². The van der Waals surface area contributed by atoms with Gasteiger partial charge in [0, 0.05) is 6.08 Å². The number of aliphatic carboxylic acids is 1. The highest BCUT2D eigenvalue weighted by molar-refractivity contribution is 5.79. The molecule has 0 saturated carbocycles. The summed E-state index contributed by atoms with van der Waals surface area (Å²) in [7, 11) is 0. The first-order chi connectivity index (χ1) is 11.8. The Hall–Kier alpha value is -2.09. The molecule has 2 heteroatoms. The highest BCUT2D eigenvalue weighted by atomic mass is 16.4. The molecule has 132 valence electrons. The van der Waals surface area contributed by atoms with Crippen LogP contribution in [-0.4, -0.2) is 11.1 Å². The zero-order chi connectivity index (χ0) is 17.7. The molecule has 2 nitrogen and oxygen atoms in total. The summed E-state index contributed by atoms with van der Waals surface area (Å²) in [4.78, 5) is 10.3. The van der Waals surface area contributed by atoms with E-state index in [1.807, 2.05) is 6.08 Å². The van der Waals surface area contributed by atoms with Gasteiger partial charge >= 0.3 is 5.97 Å². The minimum Gasteiger partial charge on any atom is -0.478 e. The molecule has 0 aliphatic carbocycles. The zero-order valence-corrected chi connectivity index (χ0v) is 14.8. The topological polar surface area (TPSA) is 37.3 Å². The summed E-state index contributed by atoms with van der Waals surface area (Å²) < 4.78 is 0. The highest BCUT2D eigenvalue weighted by Gasteiger charge is 1.87. The van der Waals surface area contributed by atoms with Crippen LogP contribution < -0.4 is 0 Å². The van der Waals surface area contributed by atoms with Crippen molar-refractivity contribution in [1.82, 2.24) is 0 Å². The SMILES string of the molecule is C=CCC=CCC=CCC=CCC=CCCCCCC=CC(=O)O. The van der Waals surface area contributed by atoms with Crippen LogP contribution in [0.4, 0.5) is 0 Å². The van der Waals surface area contributed by atoms with Gasteiger partial charge in [-0.2, -0.15) is 0 Å². The highest BCUT2D eigenvalue weighted by Crippen LogP contribution is 2.05. The van der Waals surface area contributed by atoms with Crippen molar-refractivity contribution in [1.29, 1.82) is 0 Å². The second-order valence-electron chi connectivity index (χ2n) is 5.50. The number of carboxylic acids is 1. The fraction of sp³-hybridized carbons (Fsp3) is 0.409. The van der Waals surface area contributed by atoms with Gasteiger partial charge in [0.25, 0.3) is 0 Å². The van der Waals surface area contributed by atoms with Crippen molar-refractivity contribution in [2.45, 2.75) is 57.8 Å². The number of carboxylic acid groups (broad SMARTS) is 1. The Bertz CT molecular complexity index is 451. The quantitative estimate of drug-likeness (QED) is 0.210. The van der Waals surface area contributed by atoms with Gasteiger partial charge in [-0.05, 0) is 51.4 Å². The summed E-state index contributed by atoms with van der Waals surface area (Å²) in [5.41, 5.74) is 0. The third-order valence-corrected chi connectivity index (χ3v) is 3.29. The molecule has 0 atom stereocenters. The summed E-state index contributed by atoms with van der Waals surface area (Å²) in [6.07, 6.45) is 31.6. The van der Waals surface area contributed by atoms with Crippen molar-refractivity contribution < 1.29 is 9.90 Å². The first kappa shape index (κ1) is 21.9. The third-order valence-electron chi connectivity index (χ3n) is 3.29. The summed E-state index contributed by atoms with van der Waals surface area (Å²) in [5.74, 6) is -0.859. The molecule has 0 spiro atoms. The van der Waals surface area contributed by atoms with Gasteiger partial charge in [-0.15, -0.1) is 6.58 Å². The molecule has 0 rings (SSSR count). The molecule has 0 unspecified atom stereocenters. The smallest absolute Gasteiger partial charge is 0.327 e. The molecule has 1 N–H and O–H groups in total. The summed E-state index contributed by atoms with van der Waals surface area (Å²) >= 11 is 0. The van der Waals surface area contributed by atoms with Gasteiger partial charge in [0.15, 0.2) is 0 Å². The summed E-state index contributed by atoms with van der Waals surface area (Å²) in [6.45, 7) is 3.68. The Morgan fingerprint density at radius 1 is 0.667 bits per heavy atom. The largest absolute Gasteiger partial charge is 0.478 e. The van der Waals surface area contributed by atoms with E-state index in [1.54, 1.807) is 6.08 Å². The van der Waals surface area contributed by atoms with Gasteiger partial charge in [0.2, 0.25) is 0 Å². The fourth-order valence-electron chi connectivity index (χ4n) is 2.01. The van der Waals surface area contributed by atoms with Gasteiger partial charge in [0.05, 0.1) is 0 Å². The van der Waals surface area contributed by atoms with E-state index in [0.29, 0.717) is 0 Å². The molecule has 0 saturated heterocycles. The second kappa shape index (κ2) is 19.0. The average Bonchev–Trinajstić information content (AvgIpc) is 2.56. The molecule has 0 aromatic carbocycles. The molecule has 0 amide bonds. The van der Waals surface area contributed by atoms with E-state index in [9.17, 15) is 4.79 Å². The Morgan fingerprint density at radius 3 is 1.62 bits per heavy atom. The predicted molar refractivity (Wildman–Crippen MR) is 105 cm³/mol. The molecule has 0 aliphatic heterocycles. The Balaban J connectivity index is 3.40. The molecule has 0 fully saturated rings. The number of unbranched alkanes of at least 4 members (excludes halogenated alkanes) is 4. The number of rotatable bonds is 15. The lowest BCUT2D eigenvalue weighted by Crippen LogP contribution is -1.85. The van der Waals surface area contributed by atoms with Crippen LogP contribution in [0.5, 0.6) is 0 Å². The molecule has 0 aliphatic rings. The molecule has 0 aromatic heterocycles. The van der Waals surface area contributed by atoms with Gasteiger partial charge < -0.3 is 5.11 Å². The van der Waals surface area contributed by atoms with Crippen LogP contribution in [0.25, 0.3) is 0 Å².